The summed E-state index contributed by atoms with van der Waals surface area (Å²) in [6.45, 7) is 38.7. The van der Waals surface area contributed by atoms with Crippen LogP contribution in [0.2, 0.25) is 0 Å². The summed E-state index contributed by atoms with van der Waals surface area (Å²) in [7, 11) is 8.10. The van der Waals surface area contributed by atoms with Gasteiger partial charge in [-0.15, -0.1) is 0 Å². The van der Waals surface area contributed by atoms with Gasteiger partial charge >= 0.3 is 0 Å². The van der Waals surface area contributed by atoms with Gasteiger partial charge in [-0.3, -0.25) is 18.7 Å². The molecule has 0 saturated heterocycles. The molecule has 13 heteroatoms. The molecule has 0 atom stereocenters. The summed E-state index contributed by atoms with van der Waals surface area (Å²) >= 11 is 0. The summed E-state index contributed by atoms with van der Waals surface area (Å²) in [6.07, 6.45) is 0. The molecule has 12 aromatic carbocycles. The molecule has 0 amide bonds. The molecule has 0 unspecified atom stereocenters. The van der Waals surface area contributed by atoms with Gasteiger partial charge in [0.2, 0.25) is 44.8 Å². The van der Waals surface area contributed by atoms with Crippen molar-refractivity contribution in [1.29, 1.82) is 0 Å². The zero-order valence-electron chi connectivity index (χ0n) is 72.4. The van der Waals surface area contributed by atoms with Crippen molar-refractivity contribution in [2.45, 2.75) is 102 Å². The van der Waals surface area contributed by atoms with Crippen LogP contribution in [-0.4, -0.2) is 39.1 Å². The largest absolute Gasteiger partial charge is 0.267 e. The van der Waals surface area contributed by atoms with E-state index in [0.717, 1.165) is 61.2 Å². The Kier molecular flexibility index (Phi) is 20.8. The van der Waals surface area contributed by atoms with Crippen molar-refractivity contribution in [1.82, 2.24) is 39.1 Å². The van der Waals surface area contributed by atoms with Crippen molar-refractivity contribution in [2.75, 3.05) is 0 Å². The predicted octanol–water partition coefficient (Wildman–Crippen LogP) is 23.9. The Morgan fingerprint density at radius 3 is 1.00 bits per heavy atom. The highest BCUT2D eigenvalue weighted by atomic mass is 15.3. The maximum absolute atomic E-state index is 7.72. The normalized spacial score (nSPS) is 11.5. The summed E-state index contributed by atoms with van der Waals surface area (Å²) in [5.74, 6) is 0. The number of rotatable bonds is 8. The van der Waals surface area contributed by atoms with E-state index < -0.39 is 0 Å². The van der Waals surface area contributed by atoms with Crippen LogP contribution in [0.4, 0.5) is 5.69 Å². The molecule has 0 spiro atoms. The van der Waals surface area contributed by atoms with E-state index in [9.17, 15) is 0 Å². The van der Waals surface area contributed by atoms with Crippen LogP contribution in [0.5, 0.6) is 0 Å². The van der Waals surface area contributed by atoms with Gasteiger partial charge in [0, 0.05) is 210 Å². The van der Waals surface area contributed by atoms with Crippen molar-refractivity contribution in [3.05, 3.63) is 364 Å². The lowest BCUT2D eigenvalue weighted by Crippen LogP contribution is -2.37. The Labute approximate surface area is 708 Å². The van der Waals surface area contributed by atoms with Gasteiger partial charge in [0.1, 0.15) is 0 Å². The Bertz CT molecular complexity index is 7590. The van der Waals surface area contributed by atoms with Crippen LogP contribution in [0.3, 0.4) is 0 Å². The highest BCUT2D eigenvalue weighted by Crippen LogP contribution is 2.42. The Balaban J connectivity index is 0.000000115. The Morgan fingerprint density at radius 2 is 0.612 bits per heavy atom. The van der Waals surface area contributed by atoms with Crippen LogP contribution in [0, 0.1) is 82.7 Å². The van der Waals surface area contributed by atoms with Gasteiger partial charge in [0.05, 0.1) is 51.4 Å². The quantitative estimate of drug-likeness (QED) is 0.112. The van der Waals surface area contributed by atoms with Crippen LogP contribution in [0.25, 0.3) is 160 Å². The van der Waals surface area contributed by atoms with Crippen molar-refractivity contribution in [2.24, 2.45) is 28.2 Å². The molecule has 13 nitrogen and oxygen atoms in total. The Morgan fingerprint density at radius 1 is 0.298 bits per heavy atom. The average Bonchev–Trinajstić information content (AvgIpc) is 1.73. The predicted molar refractivity (Wildman–Crippen MR) is 498 cm³/mol. The number of aryl methyl sites for hydroxylation is 11. The lowest BCUT2D eigenvalue weighted by Gasteiger charge is -2.22. The van der Waals surface area contributed by atoms with E-state index in [-0.39, 0.29) is 5.41 Å². The minimum absolute atomic E-state index is 0.0185. The maximum Gasteiger partial charge on any atom is 0.218 e. The minimum atomic E-state index is 0.0185. The number of nitrogens with zero attached hydrogens (tertiary/aromatic N) is 13. The lowest BCUT2D eigenvalue weighted by molar-refractivity contribution is -0.575. The number of benzene rings is 12. The first-order valence-corrected chi connectivity index (χ1v) is 41.6. The van der Waals surface area contributed by atoms with Crippen LogP contribution in [0.1, 0.15) is 88.1 Å². The van der Waals surface area contributed by atoms with E-state index in [4.69, 9.17) is 21.9 Å². The second kappa shape index (κ2) is 31.8. The second-order valence-electron chi connectivity index (χ2n) is 33.4. The van der Waals surface area contributed by atoms with E-state index in [1.807, 2.05) is 76.3 Å². The summed E-state index contributed by atoms with van der Waals surface area (Å²) in [6, 6.07) is 101. The van der Waals surface area contributed by atoms with Crippen LogP contribution in [-0.2, 0) is 33.6 Å². The van der Waals surface area contributed by atoms with Gasteiger partial charge in [-0.1, -0.05) is 142 Å². The molecule has 20 aromatic rings. The van der Waals surface area contributed by atoms with Crippen molar-refractivity contribution in [3.63, 3.8) is 0 Å². The highest BCUT2D eigenvalue weighted by molar-refractivity contribution is 5.99. The molecule has 8 aromatic heterocycles. The molecule has 0 N–H and O–H groups in total. The molecular weight excluding hydrogens is 1480 g/mol. The first-order valence-electron chi connectivity index (χ1n) is 41.6. The van der Waals surface area contributed by atoms with Gasteiger partial charge in [-0.2, -0.15) is 38.7 Å². The SMILES string of the molecule is Cc1c(-c2c3ccccc3nn2C)cc(C(C)(C)C)cc1-[n+]1c(C)ccc2ccccc21.Cc1cc(-c2c3ccccc3nn2C)c(C)c(-[n+]2c(C)ccc3ccccc32)c1.Cc1cc(C)c(-[n+]2c(C)ccc3ccccc32)c(C)c1-c1c2ccccc2nn1C.[C-]#[N+]c1cc(-c2c3ccccc3nn2C)c(C)c(-[n+]2c(C)ccc3ccccc32)c1. The molecule has 0 aliphatic rings. The summed E-state index contributed by atoms with van der Waals surface area (Å²) < 4.78 is 17.4. The van der Waals surface area contributed by atoms with Gasteiger partial charge in [0.25, 0.3) is 0 Å². The summed E-state index contributed by atoms with van der Waals surface area (Å²) in [5, 5.41) is 28.6. The van der Waals surface area contributed by atoms with E-state index >= 15 is 0 Å². The zero-order chi connectivity index (χ0) is 84.6. The fourth-order valence-corrected chi connectivity index (χ4v) is 18.4. The average molecular weight is 1580 g/mol. The fourth-order valence-electron chi connectivity index (χ4n) is 18.4. The lowest BCUT2D eigenvalue weighted by atomic mass is 9.83. The fraction of sp³-hybridized carbons (Fsp3) is 0.176. The van der Waals surface area contributed by atoms with E-state index in [0.29, 0.717) is 5.69 Å². The monoisotopic (exact) mass is 1580 g/mol. The highest BCUT2D eigenvalue weighted by Gasteiger charge is 2.32. The van der Waals surface area contributed by atoms with E-state index in [1.165, 1.54) is 161 Å². The number of aromatic nitrogens is 12. The molecular formula is C108H101N13+4. The second-order valence-corrected chi connectivity index (χ2v) is 33.4. The van der Waals surface area contributed by atoms with Crippen molar-refractivity contribution < 1.29 is 18.3 Å². The standard InChI is InChI=1S/C29H30N3.C27H26N3.C26H21N4.C26H24N3/c1-19-15-16-21-11-7-10-14-26(21)32(19)27-18-22(29(3,4)5)17-24(20(27)2)28-23-12-8-9-13-25(23)30-31(28)6;1-17-16-18(2)26(30-19(3)14-15-21-10-6-9-13-24(21)30)20(4)25(17)27-22-11-7-8-12-23(22)28-29(27)5;1-17-13-14-19-9-5-8-12-24(19)30(17)25-16-20(27-3)15-22(18(25)2)26-21-10-6-7-11-23(21)28-29(26)4;1-17-15-22(26-21-10-6-7-11-23(21)27-28(26)4)19(3)25(16-17)29-18(2)13-14-20-9-5-8-12-24(20)29/h7-18H,1-6H3;6-16H,1-5H3;5-16H,1-2,4H3;5-16H,1-4H3/q4*+1. The molecule has 594 valence electrons. The van der Waals surface area contributed by atoms with Gasteiger partial charge in [0.15, 0.2) is 28.5 Å². The molecule has 20 rings (SSSR count). The molecule has 0 radical (unpaired) electrons. The van der Waals surface area contributed by atoms with Gasteiger partial charge in [-0.05, 0) is 173 Å². The number of hydrogen-bond acceptors (Lipinski definition) is 4. The molecule has 0 aliphatic carbocycles. The third kappa shape index (κ3) is 14.3. The Hall–Kier alpha value is -14.4. The van der Waals surface area contributed by atoms with Gasteiger partial charge in [-0.25, -0.2) is 4.85 Å². The third-order valence-corrected chi connectivity index (χ3v) is 24.2. The molecule has 0 aliphatic heterocycles. The third-order valence-electron chi connectivity index (χ3n) is 24.2. The first-order chi connectivity index (χ1) is 58.3. The van der Waals surface area contributed by atoms with Crippen molar-refractivity contribution in [3.8, 4) is 67.8 Å². The van der Waals surface area contributed by atoms with Crippen LogP contribution >= 0.6 is 0 Å². The number of fused-ring (bicyclic) bond motifs is 8. The molecule has 8 heterocycles. The van der Waals surface area contributed by atoms with E-state index in [1.54, 1.807) is 0 Å². The summed E-state index contributed by atoms with van der Waals surface area (Å²) in [5.41, 5.74) is 38.4. The smallest absolute Gasteiger partial charge is 0.218 e. The molecule has 0 fully saturated rings. The van der Waals surface area contributed by atoms with Gasteiger partial charge < -0.3 is 0 Å². The molecule has 121 heavy (non-hydrogen) atoms. The number of pyridine rings is 4. The summed E-state index contributed by atoms with van der Waals surface area (Å²) in [4.78, 5) is 3.79. The van der Waals surface area contributed by atoms with Crippen LogP contribution < -0.4 is 18.3 Å². The molecule has 0 bridgehead atoms. The number of para-hydroxylation sites is 4. The zero-order valence-corrected chi connectivity index (χ0v) is 72.4. The van der Waals surface area contributed by atoms with Crippen molar-refractivity contribution >= 4 is 92.9 Å². The first kappa shape index (κ1) is 79.1. The van der Waals surface area contributed by atoms with Crippen LogP contribution in [0.15, 0.2) is 285 Å². The minimum Gasteiger partial charge on any atom is -0.267 e. The topological polar surface area (TPSA) is 91.2 Å². The molecule has 0 saturated carbocycles. The number of hydrogen-bond donors (Lipinski definition) is 0. The maximum atomic E-state index is 7.72. The van der Waals surface area contributed by atoms with E-state index in [2.05, 4.69) is 381 Å².